The van der Waals surface area contributed by atoms with Crippen LogP contribution in [0.25, 0.3) is 0 Å². The van der Waals surface area contributed by atoms with E-state index in [2.05, 4.69) is 118 Å². The number of rotatable bonds is 50. The van der Waals surface area contributed by atoms with Crippen LogP contribution in [-0.4, -0.2) is 37.2 Å². The third-order valence-electron chi connectivity index (χ3n) is 11.8. The summed E-state index contributed by atoms with van der Waals surface area (Å²) in [6.07, 6.45) is 73.9. The molecule has 0 aliphatic heterocycles. The molecule has 0 heterocycles. The fourth-order valence-corrected chi connectivity index (χ4v) is 7.48. The number of hydrogen-bond donors (Lipinski definition) is 0. The van der Waals surface area contributed by atoms with Crippen molar-refractivity contribution in [1.82, 2.24) is 0 Å². The first kappa shape index (κ1) is 64.3. The molecule has 0 aromatic heterocycles. The Bertz CT molecular complexity index is 1360. The normalized spacial score (nSPS) is 12.8. The van der Waals surface area contributed by atoms with E-state index in [1.54, 1.807) is 0 Å². The highest BCUT2D eigenvalue weighted by molar-refractivity contribution is 5.71. The molecule has 68 heavy (non-hydrogen) atoms. The van der Waals surface area contributed by atoms with Crippen LogP contribution in [0.1, 0.15) is 258 Å². The Kier molecular flexibility index (Phi) is 52.9. The third kappa shape index (κ3) is 53.3. The van der Waals surface area contributed by atoms with Gasteiger partial charge >= 0.3 is 17.9 Å². The van der Waals surface area contributed by atoms with Crippen molar-refractivity contribution in [2.24, 2.45) is 0 Å². The highest BCUT2D eigenvalue weighted by atomic mass is 16.6. The fourth-order valence-electron chi connectivity index (χ4n) is 7.48. The average molecular weight is 946 g/mol. The summed E-state index contributed by atoms with van der Waals surface area (Å²) in [4.78, 5) is 38.1. The fraction of sp³-hybridized carbons (Fsp3) is 0.694. The molecule has 1 atom stereocenters. The van der Waals surface area contributed by atoms with E-state index >= 15 is 0 Å². The predicted octanol–water partition coefficient (Wildman–Crippen LogP) is 18.9. The quantitative estimate of drug-likeness (QED) is 0.0262. The van der Waals surface area contributed by atoms with E-state index in [0.29, 0.717) is 19.3 Å². The number of esters is 3. The van der Waals surface area contributed by atoms with Gasteiger partial charge in [0, 0.05) is 19.3 Å². The van der Waals surface area contributed by atoms with Crippen molar-refractivity contribution in [3.63, 3.8) is 0 Å². The third-order valence-corrected chi connectivity index (χ3v) is 11.8. The molecule has 0 bridgehead atoms. The Morgan fingerprint density at radius 1 is 0.294 bits per heavy atom. The Morgan fingerprint density at radius 2 is 0.529 bits per heavy atom. The van der Waals surface area contributed by atoms with E-state index in [1.165, 1.54) is 96.3 Å². The summed E-state index contributed by atoms with van der Waals surface area (Å²) in [6, 6.07) is 0. The summed E-state index contributed by atoms with van der Waals surface area (Å²) in [7, 11) is 0. The summed E-state index contributed by atoms with van der Waals surface area (Å²) in [5.74, 6) is -0.963. The van der Waals surface area contributed by atoms with E-state index in [1.807, 2.05) is 0 Å². The molecule has 0 rings (SSSR count). The van der Waals surface area contributed by atoms with Crippen LogP contribution in [0.15, 0.2) is 97.2 Å². The van der Waals surface area contributed by atoms with E-state index in [9.17, 15) is 14.4 Å². The van der Waals surface area contributed by atoms with Crippen molar-refractivity contribution < 1.29 is 28.6 Å². The zero-order chi connectivity index (χ0) is 49.3. The monoisotopic (exact) mass is 945 g/mol. The van der Waals surface area contributed by atoms with Crippen molar-refractivity contribution in [2.45, 2.75) is 264 Å². The highest BCUT2D eigenvalue weighted by Crippen LogP contribution is 2.13. The molecular weight excluding hydrogens is 841 g/mol. The van der Waals surface area contributed by atoms with Crippen molar-refractivity contribution in [3.8, 4) is 0 Å². The molecule has 0 unspecified atom stereocenters. The van der Waals surface area contributed by atoms with E-state index < -0.39 is 6.10 Å². The molecule has 388 valence electrons. The van der Waals surface area contributed by atoms with Crippen LogP contribution in [0.4, 0.5) is 0 Å². The summed E-state index contributed by atoms with van der Waals surface area (Å²) < 4.78 is 16.8. The SMILES string of the molecule is CCCCC/C=C/C/C=C/C/C=C/C/C=C/CCCCCC(=O)OC[C@@H](COC(=O)CCCCCCC/C=C/CCCCCCC)OC(=O)CCCCCC/C=C/C/C=C/C/C=C/CCCCC. The van der Waals surface area contributed by atoms with Gasteiger partial charge in [-0.05, 0) is 128 Å². The summed E-state index contributed by atoms with van der Waals surface area (Å²) in [5.41, 5.74) is 0. The van der Waals surface area contributed by atoms with Crippen LogP contribution >= 0.6 is 0 Å². The Hall–Kier alpha value is -3.67. The number of hydrogen-bond acceptors (Lipinski definition) is 6. The van der Waals surface area contributed by atoms with Crippen LogP contribution in [0.5, 0.6) is 0 Å². The number of carbonyl (C=O) groups is 3. The van der Waals surface area contributed by atoms with Gasteiger partial charge < -0.3 is 14.2 Å². The lowest BCUT2D eigenvalue weighted by Gasteiger charge is -2.18. The first-order chi connectivity index (χ1) is 33.5. The van der Waals surface area contributed by atoms with E-state index in [4.69, 9.17) is 14.2 Å². The molecule has 0 radical (unpaired) electrons. The number of allylic oxidation sites excluding steroid dienone is 16. The lowest BCUT2D eigenvalue weighted by molar-refractivity contribution is -0.167. The maximum Gasteiger partial charge on any atom is 0.306 e. The maximum atomic E-state index is 12.8. The van der Waals surface area contributed by atoms with Gasteiger partial charge in [0.2, 0.25) is 0 Å². The lowest BCUT2D eigenvalue weighted by Crippen LogP contribution is -2.30. The lowest BCUT2D eigenvalue weighted by atomic mass is 10.1. The van der Waals surface area contributed by atoms with Gasteiger partial charge in [-0.1, -0.05) is 208 Å². The molecule has 0 saturated carbocycles. The van der Waals surface area contributed by atoms with Gasteiger partial charge in [-0.25, -0.2) is 0 Å². The van der Waals surface area contributed by atoms with Gasteiger partial charge in [0.1, 0.15) is 13.2 Å². The second-order valence-electron chi connectivity index (χ2n) is 18.5. The molecule has 6 heteroatoms. The molecule has 0 spiro atoms. The standard InChI is InChI=1S/C62H104O6/c1-4-7-10-13-16-19-22-25-28-30-31-33-34-37-40-43-46-49-52-55-61(64)67-58-59(57-66-60(63)54-51-48-45-42-39-36-27-24-21-18-15-12-9-6-3)68-62(65)56-53-50-47-44-41-38-35-32-29-26-23-20-17-14-11-8-5-2/h16-17,19-20,24-29,31,33,35,37-38,40,59H,4-15,18,21-23,30,32,34,36,39,41-58H2,1-3H3/b19-16+,20-17+,27-24+,28-25+,29-26+,33-31+,38-35+,40-37+/t59-/m1/s1. The van der Waals surface area contributed by atoms with Gasteiger partial charge in [0.05, 0.1) is 0 Å². The Morgan fingerprint density at radius 3 is 0.882 bits per heavy atom. The Balaban J connectivity index is 4.51. The molecule has 6 nitrogen and oxygen atoms in total. The molecule has 0 N–H and O–H groups in total. The molecule has 0 aromatic carbocycles. The van der Waals surface area contributed by atoms with Gasteiger partial charge in [-0.3, -0.25) is 14.4 Å². The topological polar surface area (TPSA) is 78.9 Å². The predicted molar refractivity (Wildman–Crippen MR) is 293 cm³/mol. The minimum atomic E-state index is -0.807. The number of unbranched alkanes of at least 4 members (excludes halogenated alkanes) is 23. The van der Waals surface area contributed by atoms with Crippen LogP contribution < -0.4 is 0 Å². The van der Waals surface area contributed by atoms with Crippen LogP contribution in [0.3, 0.4) is 0 Å². The zero-order valence-electron chi connectivity index (χ0n) is 44.3. The molecule has 0 fully saturated rings. The zero-order valence-corrected chi connectivity index (χ0v) is 44.3. The highest BCUT2D eigenvalue weighted by Gasteiger charge is 2.19. The average Bonchev–Trinajstić information content (AvgIpc) is 3.34. The number of ether oxygens (including phenoxy) is 3. The first-order valence-electron chi connectivity index (χ1n) is 28.2. The van der Waals surface area contributed by atoms with Crippen LogP contribution in [-0.2, 0) is 28.6 Å². The minimum Gasteiger partial charge on any atom is -0.462 e. The molecule has 0 saturated heterocycles. The van der Waals surface area contributed by atoms with Gasteiger partial charge in [-0.15, -0.1) is 0 Å². The molecular formula is C62H104O6. The van der Waals surface area contributed by atoms with Crippen molar-refractivity contribution in [1.29, 1.82) is 0 Å². The maximum absolute atomic E-state index is 12.8. The van der Waals surface area contributed by atoms with Gasteiger partial charge in [-0.2, -0.15) is 0 Å². The van der Waals surface area contributed by atoms with Crippen molar-refractivity contribution in [2.75, 3.05) is 13.2 Å². The minimum absolute atomic E-state index is 0.102. The van der Waals surface area contributed by atoms with E-state index in [0.717, 1.165) is 122 Å². The largest absolute Gasteiger partial charge is 0.462 e. The second-order valence-corrected chi connectivity index (χ2v) is 18.5. The first-order valence-corrected chi connectivity index (χ1v) is 28.2. The molecule has 0 aliphatic rings. The smallest absolute Gasteiger partial charge is 0.306 e. The molecule has 0 aromatic rings. The summed E-state index contributed by atoms with van der Waals surface area (Å²) >= 11 is 0. The summed E-state index contributed by atoms with van der Waals surface area (Å²) in [6.45, 7) is 6.52. The molecule has 0 amide bonds. The molecule has 0 aliphatic carbocycles. The van der Waals surface area contributed by atoms with Gasteiger partial charge in [0.15, 0.2) is 6.10 Å². The summed E-state index contributed by atoms with van der Waals surface area (Å²) in [5, 5.41) is 0. The van der Waals surface area contributed by atoms with Crippen LogP contribution in [0.2, 0.25) is 0 Å². The second kappa shape index (κ2) is 55.9. The Labute approximate surface area is 419 Å². The van der Waals surface area contributed by atoms with E-state index in [-0.39, 0.29) is 31.1 Å². The van der Waals surface area contributed by atoms with Gasteiger partial charge in [0.25, 0.3) is 0 Å². The van der Waals surface area contributed by atoms with Crippen molar-refractivity contribution >= 4 is 17.9 Å². The number of carbonyl (C=O) groups excluding carboxylic acids is 3. The van der Waals surface area contributed by atoms with Crippen molar-refractivity contribution in [3.05, 3.63) is 97.2 Å². The van der Waals surface area contributed by atoms with Crippen LogP contribution in [0, 0.1) is 0 Å².